The van der Waals surface area contributed by atoms with Crippen molar-refractivity contribution in [2.24, 2.45) is 0 Å². The van der Waals surface area contributed by atoms with Gasteiger partial charge in [-0.3, -0.25) is 0 Å². The van der Waals surface area contributed by atoms with Crippen LogP contribution in [0.2, 0.25) is 0 Å². The molecule has 0 aliphatic heterocycles. The molecule has 0 aliphatic rings. The summed E-state index contributed by atoms with van der Waals surface area (Å²) in [5.41, 5.74) is 1.17. The van der Waals surface area contributed by atoms with Crippen LogP contribution in [0.15, 0.2) is 30.3 Å². The van der Waals surface area contributed by atoms with Crippen LogP contribution in [0.4, 0.5) is 5.69 Å². The van der Waals surface area contributed by atoms with Crippen LogP contribution in [0.3, 0.4) is 0 Å². The van der Waals surface area contributed by atoms with Crippen LogP contribution in [-0.4, -0.2) is 18.2 Å². The molecule has 3 heteroatoms. The van der Waals surface area contributed by atoms with Gasteiger partial charge in [0.2, 0.25) is 0 Å². The van der Waals surface area contributed by atoms with Crippen LogP contribution in [0.5, 0.6) is 0 Å². The molecule has 0 fully saturated rings. The van der Waals surface area contributed by atoms with Crippen molar-refractivity contribution >= 4 is 23.0 Å². The van der Waals surface area contributed by atoms with E-state index in [1.54, 1.807) is 0 Å². The zero-order valence-corrected chi connectivity index (χ0v) is 10.9. The highest BCUT2D eigenvalue weighted by atomic mass is 32.1. The topological polar surface area (TPSA) is 15.3 Å². The normalized spacial score (nSPS) is 9.88. The van der Waals surface area contributed by atoms with Crippen LogP contribution in [-0.2, 0) is 0 Å². The molecule has 2 nitrogen and oxygen atoms in total. The summed E-state index contributed by atoms with van der Waals surface area (Å²) in [7, 11) is 0. The molecule has 0 aromatic heterocycles. The molecule has 0 radical (unpaired) electrons. The van der Waals surface area contributed by atoms with Crippen molar-refractivity contribution in [3.05, 3.63) is 30.3 Å². The third-order valence-electron chi connectivity index (χ3n) is 2.38. The molecule has 1 aromatic rings. The molecule has 0 bridgehead atoms. The highest BCUT2D eigenvalue weighted by molar-refractivity contribution is 7.80. The summed E-state index contributed by atoms with van der Waals surface area (Å²) >= 11 is 5.38. The van der Waals surface area contributed by atoms with E-state index in [2.05, 4.69) is 36.2 Å². The lowest BCUT2D eigenvalue weighted by Gasteiger charge is -2.25. The van der Waals surface area contributed by atoms with Gasteiger partial charge in [-0.05, 0) is 37.7 Å². The monoisotopic (exact) mass is 236 g/mol. The van der Waals surface area contributed by atoms with Crippen molar-refractivity contribution in [2.75, 3.05) is 18.0 Å². The Labute approximate surface area is 104 Å². The van der Waals surface area contributed by atoms with Gasteiger partial charge in [-0.2, -0.15) is 0 Å². The van der Waals surface area contributed by atoms with E-state index in [1.807, 2.05) is 18.2 Å². The van der Waals surface area contributed by atoms with Crippen molar-refractivity contribution in [3.8, 4) is 0 Å². The molecular weight excluding hydrogens is 216 g/mol. The molecular formula is C13H20N2S. The first-order valence-electron chi connectivity index (χ1n) is 5.90. The first-order valence-corrected chi connectivity index (χ1v) is 6.30. The number of nitrogens with zero attached hydrogens (tertiary/aromatic N) is 1. The second-order valence-electron chi connectivity index (χ2n) is 3.68. The fourth-order valence-corrected chi connectivity index (χ4v) is 1.86. The molecule has 0 amide bonds. The standard InChI is InChI=1S/C13H20N2S/c1-3-5-11-15(13(16)14-4-2)12-9-7-6-8-10-12/h6-10H,3-5,11H2,1-2H3,(H,14,16). The lowest BCUT2D eigenvalue weighted by atomic mass is 10.2. The summed E-state index contributed by atoms with van der Waals surface area (Å²) in [5.74, 6) is 0. The molecule has 0 saturated carbocycles. The number of benzene rings is 1. The zero-order chi connectivity index (χ0) is 11.8. The highest BCUT2D eigenvalue weighted by Crippen LogP contribution is 2.14. The Kier molecular flexibility index (Phi) is 5.86. The number of rotatable bonds is 5. The van der Waals surface area contributed by atoms with Gasteiger partial charge in [-0.15, -0.1) is 0 Å². The van der Waals surface area contributed by atoms with Crippen LogP contribution >= 0.6 is 12.2 Å². The van der Waals surface area contributed by atoms with Crippen LogP contribution < -0.4 is 10.2 Å². The maximum Gasteiger partial charge on any atom is 0.173 e. The molecule has 0 heterocycles. The van der Waals surface area contributed by atoms with Gasteiger partial charge in [-0.1, -0.05) is 31.5 Å². The van der Waals surface area contributed by atoms with E-state index in [0.29, 0.717) is 0 Å². The smallest absolute Gasteiger partial charge is 0.173 e. The first kappa shape index (κ1) is 13.0. The minimum atomic E-state index is 0.821. The summed E-state index contributed by atoms with van der Waals surface area (Å²) in [6.07, 6.45) is 2.33. The minimum Gasteiger partial charge on any atom is -0.363 e. The predicted octanol–water partition coefficient (Wildman–Crippen LogP) is 3.19. The Morgan fingerprint density at radius 3 is 2.50 bits per heavy atom. The summed E-state index contributed by atoms with van der Waals surface area (Å²) in [6, 6.07) is 10.3. The number of hydrogen-bond donors (Lipinski definition) is 1. The molecule has 0 spiro atoms. The van der Waals surface area contributed by atoms with Gasteiger partial charge in [0.25, 0.3) is 0 Å². The van der Waals surface area contributed by atoms with Gasteiger partial charge in [-0.25, -0.2) is 0 Å². The average Bonchev–Trinajstić information content (AvgIpc) is 2.31. The SMILES string of the molecule is CCCCN(C(=S)NCC)c1ccccc1. The number of anilines is 1. The molecule has 0 saturated heterocycles. The van der Waals surface area contributed by atoms with E-state index in [0.717, 1.165) is 24.6 Å². The fraction of sp³-hybridized carbons (Fsp3) is 0.462. The van der Waals surface area contributed by atoms with Gasteiger partial charge >= 0.3 is 0 Å². The van der Waals surface area contributed by atoms with E-state index in [-0.39, 0.29) is 0 Å². The summed E-state index contributed by atoms with van der Waals surface area (Å²) in [4.78, 5) is 2.17. The molecule has 0 unspecified atom stereocenters. The molecule has 88 valence electrons. The van der Waals surface area contributed by atoms with Crippen LogP contribution in [0.1, 0.15) is 26.7 Å². The number of unbranched alkanes of at least 4 members (excludes halogenated alkanes) is 1. The molecule has 16 heavy (non-hydrogen) atoms. The maximum atomic E-state index is 5.38. The summed E-state index contributed by atoms with van der Waals surface area (Å²) < 4.78 is 0. The van der Waals surface area contributed by atoms with Gasteiger partial charge in [0.15, 0.2) is 5.11 Å². The van der Waals surface area contributed by atoms with Crippen molar-refractivity contribution < 1.29 is 0 Å². The van der Waals surface area contributed by atoms with E-state index >= 15 is 0 Å². The summed E-state index contributed by atoms with van der Waals surface area (Å²) in [5, 5.41) is 4.03. The third-order valence-corrected chi connectivity index (χ3v) is 2.74. The van der Waals surface area contributed by atoms with E-state index < -0.39 is 0 Å². The second-order valence-corrected chi connectivity index (χ2v) is 4.06. The summed E-state index contributed by atoms with van der Waals surface area (Å²) in [6.45, 7) is 6.11. The van der Waals surface area contributed by atoms with Crippen molar-refractivity contribution in [1.82, 2.24) is 5.32 Å². The van der Waals surface area contributed by atoms with E-state index in [1.165, 1.54) is 12.1 Å². The minimum absolute atomic E-state index is 0.821. The molecule has 1 rings (SSSR count). The molecule has 0 aliphatic carbocycles. The van der Waals surface area contributed by atoms with Crippen LogP contribution in [0.25, 0.3) is 0 Å². The number of nitrogens with one attached hydrogen (secondary N) is 1. The fourth-order valence-electron chi connectivity index (χ4n) is 1.52. The Bertz CT molecular complexity index is 311. The highest BCUT2D eigenvalue weighted by Gasteiger charge is 2.09. The third kappa shape index (κ3) is 3.81. The number of para-hydroxylation sites is 1. The Morgan fingerprint density at radius 1 is 1.25 bits per heavy atom. The first-order chi connectivity index (χ1) is 7.79. The van der Waals surface area contributed by atoms with Gasteiger partial charge in [0, 0.05) is 18.8 Å². The van der Waals surface area contributed by atoms with Gasteiger partial charge in [0.05, 0.1) is 0 Å². The second kappa shape index (κ2) is 7.23. The van der Waals surface area contributed by atoms with Gasteiger partial charge in [0.1, 0.15) is 0 Å². The molecule has 0 atom stereocenters. The van der Waals surface area contributed by atoms with Crippen molar-refractivity contribution in [3.63, 3.8) is 0 Å². The largest absolute Gasteiger partial charge is 0.363 e. The maximum absolute atomic E-state index is 5.38. The van der Waals surface area contributed by atoms with E-state index in [9.17, 15) is 0 Å². The van der Waals surface area contributed by atoms with Crippen molar-refractivity contribution in [2.45, 2.75) is 26.7 Å². The zero-order valence-electron chi connectivity index (χ0n) is 10.1. The lowest BCUT2D eigenvalue weighted by molar-refractivity contribution is 0.785. The predicted molar refractivity (Wildman–Crippen MR) is 75.0 cm³/mol. The van der Waals surface area contributed by atoms with Crippen molar-refractivity contribution in [1.29, 1.82) is 0 Å². The number of hydrogen-bond acceptors (Lipinski definition) is 1. The van der Waals surface area contributed by atoms with Crippen LogP contribution in [0, 0.1) is 0 Å². The lowest BCUT2D eigenvalue weighted by Crippen LogP contribution is -2.40. The Morgan fingerprint density at radius 2 is 1.94 bits per heavy atom. The molecule has 1 aromatic carbocycles. The number of thiocarbonyl (C=S) groups is 1. The van der Waals surface area contributed by atoms with Gasteiger partial charge < -0.3 is 10.2 Å². The van der Waals surface area contributed by atoms with E-state index in [4.69, 9.17) is 12.2 Å². The quantitative estimate of drug-likeness (QED) is 0.790. The average molecular weight is 236 g/mol. The Hall–Kier alpha value is -1.09. The molecule has 1 N–H and O–H groups in total. The Balaban J connectivity index is 2.74.